The minimum atomic E-state index is -5.23. The Morgan fingerprint density at radius 2 is 0.961 bits per heavy atom. The van der Waals surface area contributed by atoms with Gasteiger partial charge in [-0.3, -0.25) is 0 Å². The number of hydrogen-bond donors (Lipinski definition) is 0. The SMILES string of the molecule is O=S(=O)(c1ccccn1)C(F)(F)CC1O[C@@H](OCc2ccccc2)C(OCc2ccccc2)C(OCc2ccccc2)[C@@H]1OCc1ccccc1. The summed E-state index contributed by atoms with van der Waals surface area (Å²) in [6.07, 6.45) is -6.09. The lowest BCUT2D eigenvalue weighted by Gasteiger charge is -2.46. The summed E-state index contributed by atoms with van der Waals surface area (Å²) in [5.74, 6) is 0. The number of pyridine rings is 1. The Labute approximate surface area is 296 Å². The lowest BCUT2D eigenvalue weighted by atomic mass is 9.95. The van der Waals surface area contributed by atoms with E-state index in [4.69, 9.17) is 23.7 Å². The van der Waals surface area contributed by atoms with Gasteiger partial charge in [-0.05, 0) is 34.4 Å². The summed E-state index contributed by atoms with van der Waals surface area (Å²) in [7, 11) is -5.23. The first-order chi connectivity index (χ1) is 24.8. The van der Waals surface area contributed by atoms with Crippen molar-refractivity contribution in [2.45, 2.75) is 73.8 Å². The van der Waals surface area contributed by atoms with Gasteiger partial charge in [0.1, 0.15) is 18.3 Å². The van der Waals surface area contributed by atoms with Gasteiger partial charge in [0.15, 0.2) is 11.3 Å². The van der Waals surface area contributed by atoms with E-state index in [0.717, 1.165) is 34.5 Å². The molecule has 0 saturated carbocycles. The van der Waals surface area contributed by atoms with Crippen LogP contribution in [0, 0.1) is 0 Å². The summed E-state index contributed by atoms with van der Waals surface area (Å²) >= 11 is 0. The largest absolute Gasteiger partial charge is 0.368 e. The first-order valence-electron chi connectivity index (χ1n) is 16.6. The number of benzene rings is 4. The maximum atomic E-state index is 16.2. The molecule has 0 amide bonds. The summed E-state index contributed by atoms with van der Waals surface area (Å²) in [5.41, 5.74) is 3.27. The molecular weight excluding hydrogens is 677 g/mol. The standard InChI is InChI=1S/C40H39F2NO7S/c41-40(42,51(44,45)35-23-13-14-24-43-35)25-34-36(46-26-30-15-5-1-6-16-30)37(47-27-31-17-7-2-8-18-31)38(48-28-32-19-9-3-10-20-32)39(50-34)49-29-33-21-11-4-12-22-33/h1-24,34,36-39H,25-29H2/t34?,36-,37?,38?,39-/m1/s1. The van der Waals surface area contributed by atoms with Gasteiger partial charge in [0.2, 0.25) is 0 Å². The molecule has 1 aliphatic heterocycles. The van der Waals surface area contributed by atoms with Crippen LogP contribution in [0.5, 0.6) is 0 Å². The predicted molar refractivity (Wildman–Crippen MR) is 186 cm³/mol. The molecule has 2 heterocycles. The lowest BCUT2D eigenvalue weighted by molar-refractivity contribution is -0.329. The third kappa shape index (κ3) is 9.50. The van der Waals surface area contributed by atoms with Crippen LogP contribution in [-0.4, -0.2) is 49.4 Å². The van der Waals surface area contributed by atoms with Gasteiger partial charge in [0.05, 0.1) is 39.0 Å². The van der Waals surface area contributed by atoms with Crippen molar-refractivity contribution in [3.8, 4) is 0 Å². The van der Waals surface area contributed by atoms with E-state index in [2.05, 4.69) is 4.98 Å². The fraction of sp³-hybridized carbons (Fsp3) is 0.275. The molecule has 1 fully saturated rings. The van der Waals surface area contributed by atoms with Crippen LogP contribution >= 0.6 is 0 Å². The van der Waals surface area contributed by atoms with Gasteiger partial charge in [0, 0.05) is 6.20 Å². The lowest BCUT2D eigenvalue weighted by Crippen LogP contribution is -2.61. The van der Waals surface area contributed by atoms with Crippen LogP contribution in [0.2, 0.25) is 0 Å². The first kappa shape index (κ1) is 36.4. The minimum absolute atomic E-state index is 0.00999. The second kappa shape index (κ2) is 17.2. The number of rotatable bonds is 16. The first-order valence-corrected chi connectivity index (χ1v) is 18.1. The van der Waals surface area contributed by atoms with Gasteiger partial charge in [-0.1, -0.05) is 127 Å². The fourth-order valence-corrected chi connectivity index (χ4v) is 6.95. The molecule has 3 unspecified atom stereocenters. The average molecular weight is 716 g/mol. The highest BCUT2D eigenvalue weighted by Crippen LogP contribution is 2.39. The Hall–Kier alpha value is -4.36. The quantitative estimate of drug-likeness (QED) is 0.104. The molecule has 5 aromatic rings. The zero-order valence-electron chi connectivity index (χ0n) is 27.7. The normalized spacial score (nSPS) is 20.9. The second-order valence-corrected chi connectivity index (χ2v) is 14.2. The molecule has 1 saturated heterocycles. The van der Waals surface area contributed by atoms with Gasteiger partial charge in [-0.15, -0.1) is 0 Å². The van der Waals surface area contributed by atoms with Crippen molar-refractivity contribution in [3.05, 3.63) is 168 Å². The number of aromatic nitrogens is 1. The Morgan fingerprint density at radius 3 is 1.41 bits per heavy atom. The van der Waals surface area contributed by atoms with Gasteiger partial charge in [-0.25, -0.2) is 13.4 Å². The Bertz CT molecular complexity index is 1870. The smallest absolute Gasteiger partial charge is 0.354 e. The molecule has 8 nitrogen and oxygen atoms in total. The molecule has 266 valence electrons. The molecule has 0 N–H and O–H groups in total. The molecule has 0 spiro atoms. The molecule has 0 bridgehead atoms. The minimum Gasteiger partial charge on any atom is -0.368 e. The zero-order chi connectivity index (χ0) is 35.5. The van der Waals surface area contributed by atoms with Crippen LogP contribution in [0.1, 0.15) is 28.7 Å². The monoisotopic (exact) mass is 715 g/mol. The Balaban J connectivity index is 1.38. The summed E-state index contributed by atoms with van der Waals surface area (Å²) < 4.78 is 91.1. The van der Waals surface area contributed by atoms with Crippen LogP contribution < -0.4 is 0 Å². The molecule has 6 rings (SSSR count). The molecule has 51 heavy (non-hydrogen) atoms. The number of hydrogen-bond acceptors (Lipinski definition) is 8. The van der Waals surface area contributed by atoms with Gasteiger partial charge in [0.25, 0.3) is 9.84 Å². The van der Waals surface area contributed by atoms with Crippen molar-refractivity contribution in [2.75, 3.05) is 0 Å². The third-order valence-electron chi connectivity index (χ3n) is 8.45. The summed E-state index contributed by atoms with van der Waals surface area (Å²) in [6.45, 7) is 0.289. The van der Waals surface area contributed by atoms with E-state index in [1.165, 1.54) is 12.1 Å². The maximum Gasteiger partial charge on any atom is 0.354 e. The average Bonchev–Trinajstić information content (AvgIpc) is 3.17. The summed E-state index contributed by atoms with van der Waals surface area (Å²) in [5, 5.41) is -5.04. The molecule has 0 aliphatic carbocycles. The molecule has 11 heteroatoms. The zero-order valence-corrected chi connectivity index (χ0v) is 28.6. The Kier molecular flexibility index (Phi) is 12.3. The van der Waals surface area contributed by atoms with Crippen LogP contribution in [-0.2, 0) is 59.9 Å². The highest BCUT2D eigenvalue weighted by molar-refractivity contribution is 7.92. The van der Waals surface area contributed by atoms with Crippen molar-refractivity contribution >= 4 is 9.84 Å². The number of halogens is 2. The number of ether oxygens (including phenoxy) is 5. The molecule has 1 aliphatic rings. The summed E-state index contributed by atoms with van der Waals surface area (Å²) in [6, 6.07) is 41.2. The predicted octanol–water partition coefficient (Wildman–Crippen LogP) is 7.54. The number of alkyl halides is 2. The van der Waals surface area contributed by atoms with E-state index < -0.39 is 57.2 Å². The highest BCUT2D eigenvalue weighted by atomic mass is 32.2. The summed E-state index contributed by atoms with van der Waals surface area (Å²) in [4.78, 5) is 3.72. The van der Waals surface area contributed by atoms with Crippen LogP contribution in [0.4, 0.5) is 8.78 Å². The van der Waals surface area contributed by atoms with E-state index in [1.807, 2.05) is 121 Å². The molecular formula is C40H39F2NO7S. The van der Waals surface area contributed by atoms with E-state index in [0.29, 0.717) is 0 Å². The molecule has 5 atom stereocenters. The van der Waals surface area contributed by atoms with Crippen molar-refractivity contribution in [1.82, 2.24) is 4.98 Å². The molecule has 4 aromatic carbocycles. The van der Waals surface area contributed by atoms with E-state index >= 15 is 8.78 Å². The molecule has 0 radical (unpaired) electrons. The van der Waals surface area contributed by atoms with Gasteiger partial charge >= 0.3 is 5.25 Å². The van der Waals surface area contributed by atoms with Crippen molar-refractivity contribution < 1.29 is 40.9 Å². The molecule has 1 aromatic heterocycles. The van der Waals surface area contributed by atoms with Crippen molar-refractivity contribution in [3.63, 3.8) is 0 Å². The number of sulfone groups is 1. The number of nitrogens with zero attached hydrogens (tertiary/aromatic N) is 1. The van der Waals surface area contributed by atoms with E-state index in [-0.39, 0.29) is 26.4 Å². The highest BCUT2D eigenvalue weighted by Gasteiger charge is 2.56. The topological polar surface area (TPSA) is 93.2 Å². The van der Waals surface area contributed by atoms with Crippen molar-refractivity contribution in [2.24, 2.45) is 0 Å². The van der Waals surface area contributed by atoms with E-state index in [9.17, 15) is 8.42 Å². The van der Waals surface area contributed by atoms with Crippen molar-refractivity contribution in [1.29, 1.82) is 0 Å². The van der Waals surface area contributed by atoms with Crippen LogP contribution in [0.3, 0.4) is 0 Å². The van der Waals surface area contributed by atoms with Gasteiger partial charge < -0.3 is 23.7 Å². The third-order valence-corrected chi connectivity index (χ3v) is 10.2. The fourth-order valence-electron chi connectivity index (χ4n) is 5.80. The maximum absolute atomic E-state index is 16.2. The van der Waals surface area contributed by atoms with Crippen LogP contribution in [0.25, 0.3) is 0 Å². The van der Waals surface area contributed by atoms with Gasteiger partial charge in [-0.2, -0.15) is 8.78 Å². The van der Waals surface area contributed by atoms with E-state index in [1.54, 1.807) is 0 Å². The Morgan fingerprint density at radius 1 is 0.549 bits per heavy atom. The van der Waals surface area contributed by atoms with Crippen LogP contribution in [0.15, 0.2) is 151 Å². The second-order valence-electron chi connectivity index (χ2n) is 12.1.